The number of carbonyl (C=O) groups excluding carboxylic acids is 3. The van der Waals surface area contributed by atoms with E-state index in [2.05, 4.69) is 102 Å². The minimum absolute atomic E-state index is 0.0463. The number of hydrogen-bond donors (Lipinski definition) is 4. The van der Waals surface area contributed by atoms with Gasteiger partial charge in [-0.15, -0.1) is 0 Å². The number of rotatable bonds is 12. The number of benzene rings is 2. The maximum atomic E-state index is 13.6. The topological polar surface area (TPSA) is 127 Å². The van der Waals surface area contributed by atoms with Gasteiger partial charge in [-0.1, -0.05) is 90.1 Å². The number of allylic oxidation sites excluding steroid dienone is 1. The molecule has 4 aliphatic rings. The number of alkyl carbamates (subject to hydrolysis) is 1. The zero-order chi connectivity index (χ0) is 37.8. The summed E-state index contributed by atoms with van der Waals surface area (Å²) < 4.78 is 4.77. The van der Waals surface area contributed by atoms with Crippen molar-refractivity contribution in [3.05, 3.63) is 72.1 Å². The van der Waals surface area contributed by atoms with Crippen LogP contribution in [0.5, 0.6) is 0 Å². The van der Waals surface area contributed by atoms with Crippen LogP contribution in [0.15, 0.2) is 65.9 Å². The summed E-state index contributed by atoms with van der Waals surface area (Å²) in [7, 11) is 1.31. The first-order valence-corrected chi connectivity index (χ1v) is 19.4. The Morgan fingerprint density at radius 2 is 1.38 bits per heavy atom. The van der Waals surface area contributed by atoms with Crippen LogP contribution in [0, 0.1) is 11.8 Å². The van der Waals surface area contributed by atoms with E-state index >= 15 is 0 Å². The van der Waals surface area contributed by atoms with Crippen LogP contribution in [0.1, 0.15) is 84.8 Å². The molecular formula is C42H57N7O4. The van der Waals surface area contributed by atoms with Gasteiger partial charge in [0.15, 0.2) is 0 Å². The third-order valence-electron chi connectivity index (χ3n) is 11.0. The van der Waals surface area contributed by atoms with Gasteiger partial charge in [-0.2, -0.15) is 0 Å². The van der Waals surface area contributed by atoms with Gasteiger partial charge in [-0.3, -0.25) is 14.6 Å². The Labute approximate surface area is 314 Å². The van der Waals surface area contributed by atoms with E-state index in [-0.39, 0.29) is 54.0 Å². The molecule has 6 rings (SSSR count). The Balaban J connectivity index is 1.04. The fourth-order valence-electron chi connectivity index (χ4n) is 8.10. The smallest absolute Gasteiger partial charge is 0.407 e. The predicted octanol–water partition coefficient (Wildman–Crippen LogP) is 5.74. The van der Waals surface area contributed by atoms with E-state index in [0.717, 1.165) is 72.3 Å². The second-order valence-electron chi connectivity index (χ2n) is 15.8. The van der Waals surface area contributed by atoms with Gasteiger partial charge in [-0.25, -0.2) is 4.79 Å². The van der Waals surface area contributed by atoms with Crippen molar-refractivity contribution in [1.29, 1.82) is 0 Å². The number of amides is 3. The monoisotopic (exact) mass is 723 g/mol. The lowest BCUT2D eigenvalue weighted by molar-refractivity contribution is -0.136. The van der Waals surface area contributed by atoms with Crippen molar-refractivity contribution in [1.82, 2.24) is 31.1 Å². The molecule has 2 aromatic carbocycles. The number of aliphatic imine (C=N–C) groups is 1. The van der Waals surface area contributed by atoms with Crippen molar-refractivity contribution in [2.24, 2.45) is 16.8 Å². The molecule has 0 aromatic heterocycles. The molecular weight excluding hydrogens is 667 g/mol. The lowest BCUT2D eigenvalue weighted by atomic mass is 9.95. The van der Waals surface area contributed by atoms with Crippen molar-refractivity contribution >= 4 is 34.9 Å². The van der Waals surface area contributed by atoms with Gasteiger partial charge in [0.05, 0.1) is 30.9 Å². The maximum absolute atomic E-state index is 13.6. The number of carbonyl (C=O) groups is 3. The van der Waals surface area contributed by atoms with Gasteiger partial charge in [0.1, 0.15) is 12.2 Å². The number of nitrogens with zero attached hydrogens (tertiary/aromatic N) is 3. The molecule has 4 N–H and O–H groups in total. The summed E-state index contributed by atoms with van der Waals surface area (Å²) in [5.41, 5.74) is 7.72. The van der Waals surface area contributed by atoms with E-state index in [1.54, 1.807) is 0 Å². The molecule has 0 aliphatic carbocycles. The quantitative estimate of drug-likeness (QED) is 0.220. The summed E-state index contributed by atoms with van der Waals surface area (Å²) >= 11 is 0. The highest BCUT2D eigenvalue weighted by Crippen LogP contribution is 2.32. The molecule has 0 spiro atoms. The molecule has 3 amide bonds. The molecule has 53 heavy (non-hydrogen) atoms. The molecule has 0 saturated carbocycles. The highest BCUT2D eigenvalue weighted by atomic mass is 16.5. The van der Waals surface area contributed by atoms with E-state index in [9.17, 15) is 14.4 Å². The first-order valence-electron chi connectivity index (χ1n) is 19.4. The number of hydrogen-bond acceptors (Lipinski definition) is 8. The molecule has 0 radical (unpaired) electrons. The lowest BCUT2D eigenvalue weighted by Gasteiger charge is -2.34. The Morgan fingerprint density at radius 3 is 2.00 bits per heavy atom. The van der Waals surface area contributed by atoms with Gasteiger partial charge in [0.2, 0.25) is 11.8 Å². The third-order valence-corrected chi connectivity index (χ3v) is 11.0. The molecule has 11 heteroatoms. The number of ether oxygens (including phenoxy) is 1. The standard InChI is InChI=1S/C42H57N7O4/c1-25(2)37(45-27(5)6)40(50)48-20-8-10-35(48)33-22-32(23-43-33)30-14-12-28(13-15-30)29-16-18-31(19-17-29)34-24-44-39(46-34)36-11-9-21-49(36)41(51)38(26(3)4)47-42(52)53-7/h12-19,23-27,35-39,44-46H,8-11,20-22H2,1-7H3,(H,47,52)/t35-,36?,37-,38-,39+/m0/s1. The SMILES string of the molecule is COC(=O)N[C@H](C(=O)N1CCCC1[C@@H]1NC=C(c2ccc(-c3ccc(C4=CN=C([C@@H]5CCCN5C(=O)[C@@H](NC(C)C)C(C)C)C4)cc3)cc2)N1)C(C)C. The third kappa shape index (κ3) is 8.45. The van der Waals surface area contributed by atoms with Gasteiger partial charge in [0.25, 0.3) is 0 Å². The molecule has 0 bridgehead atoms. The Kier molecular flexibility index (Phi) is 11.9. The van der Waals surface area contributed by atoms with Gasteiger partial charge in [-0.05, 0) is 65.3 Å². The van der Waals surface area contributed by atoms with Gasteiger partial charge < -0.3 is 35.8 Å². The molecule has 4 aliphatic heterocycles. The Bertz CT molecular complexity index is 1730. The van der Waals surface area contributed by atoms with Crippen LogP contribution in [0.2, 0.25) is 0 Å². The molecule has 5 atom stereocenters. The van der Waals surface area contributed by atoms with Crippen molar-refractivity contribution in [2.75, 3.05) is 20.2 Å². The van der Waals surface area contributed by atoms with Crippen molar-refractivity contribution in [2.45, 2.75) is 110 Å². The number of likely N-dealkylation sites (tertiary alicyclic amines) is 2. The molecule has 284 valence electrons. The Morgan fingerprint density at radius 1 is 0.792 bits per heavy atom. The van der Waals surface area contributed by atoms with E-state index in [1.165, 1.54) is 12.7 Å². The van der Waals surface area contributed by atoms with Crippen LogP contribution < -0.4 is 21.3 Å². The lowest BCUT2D eigenvalue weighted by Crippen LogP contribution is -2.57. The van der Waals surface area contributed by atoms with Crippen LogP contribution in [-0.4, -0.2) is 90.0 Å². The fraction of sp³-hybridized carbons (Fsp3) is 0.524. The van der Waals surface area contributed by atoms with Crippen LogP contribution in [0.25, 0.3) is 22.4 Å². The Hall–Kier alpha value is -4.64. The molecule has 11 nitrogen and oxygen atoms in total. The normalized spacial score (nSPS) is 22.4. The molecule has 2 saturated heterocycles. The molecule has 2 fully saturated rings. The minimum atomic E-state index is -0.644. The fourth-order valence-corrected chi connectivity index (χ4v) is 8.10. The first kappa shape index (κ1) is 38.1. The largest absolute Gasteiger partial charge is 0.453 e. The van der Waals surface area contributed by atoms with E-state index < -0.39 is 12.1 Å². The predicted molar refractivity (Wildman–Crippen MR) is 210 cm³/mol. The number of nitrogens with one attached hydrogen (secondary N) is 4. The summed E-state index contributed by atoms with van der Waals surface area (Å²) in [6.07, 6.45) is 7.75. The average Bonchev–Trinajstić information content (AvgIpc) is 3.98. The minimum Gasteiger partial charge on any atom is -0.453 e. The van der Waals surface area contributed by atoms with E-state index in [0.29, 0.717) is 6.54 Å². The van der Waals surface area contributed by atoms with E-state index in [4.69, 9.17) is 9.73 Å². The summed E-state index contributed by atoms with van der Waals surface area (Å²) in [5.74, 6) is 0.256. The average molecular weight is 724 g/mol. The van der Waals surface area contributed by atoms with Gasteiger partial charge in [0, 0.05) is 43.7 Å². The molecule has 1 unspecified atom stereocenters. The van der Waals surface area contributed by atoms with Crippen LogP contribution >= 0.6 is 0 Å². The van der Waals surface area contributed by atoms with Crippen LogP contribution in [0.4, 0.5) is 4.79 Å². The zero-order valence-electron chi connectivity index (χ0n) is 32.3. The van der Waals surface area contributed by atoms with Crippen LogP contribution in [-0.2, 0) is 14.3 Å². The van der Waals surface area contributed by atoms with Crippen molar-refractivity contribution in [3.63, 3.8) is 0 Å². The maximum Gasteiger partial charge on any atom is 0.407 e. The highest BCUT2D eigenvalue weighted by Gasteiger charge is 2.41. The number of methoxy groups -OCH3 is 1. The summed E-state index contributed by atoms with van der Waals surface area (Å²) in [4.78, 5) is 47.9. The van der Waals surface area contributed by atoms with E-state index in [1.807, 2.05) is 31.1 Å². The second kappa shape index (κ2) is 16.6. The second-order valence-corrected chi connectivity index (χ2v) is 15.8. The molecule has 4 heterocycles. The van der Waals surface area contributed by atoms with Gasteiger partial charge >= 0.3 is 6.09 Å². The summed E-state index contributed by atoms with van der Waals surface area (Å²) in [6.45, 7) is 13.7. The summed E-state index contributed by atoms with van der Waals surface area (Å²) in [6, 6.07) is 16.6. The zero-order valence-corrected chi connectivity index (χ0v) is 32.3. The summed E-state index contributed by atoms with van der Waals surface area (Å²) in [5, 5.41) is 13.3. The van der Waals surface area contributed by atoms with Crippen LogP contribution in [0.3, 0.4) is 0 Å². The van der Waals surface area contributed by atoms with Crippen molar-refractivity contribution in [3.8, 4) is 11.1 Å². The molecule has 2 aromatic rings. The first-order chi connectivity index (χ1) is 25.4. The van der Waals surface area contributed by atoms with Crippen molar-refractivity contribution < 1.29 is 19.1 Å². The highest BCUT2D eigenvalue weighted by molar-refractivity contribution is 6.03.